The van der Waals surface area contributed by atoms with E-state index in [2.05, 4.69) is 5.32 Å². The molecule has 0 aromatic heterocycles. The van der Waals surface area contributed by atoms with E-state index in [1.54, 1.807) is 24.3 Å². The molecule has 102 valence electrons. The van der Waals surface area contributed by atoms with Gasteiger partial charge in [-0.3, -0.25) is 14.9 Å². The van der Waals surface area contributed by atoms with E-state index in [4.69, 9.17) is 11.5 Å². The van der Waals surface area contributed by atoms with Gasteiger partial charge in [-0.15, -0.1) is 0 Å². The molecule has 2 rings (SSSR count). The number of rotatable bonds is 3. The highest BCUT2D eigenvalue weighted by atomic mass is 16.6. The second-order valence-corrected chi connectivity index (χ2v) is 4.11. The summed E-state index contributed by atoms with van der Waals surface area (Å²) in [5, 5.41) is 13.3. The molecule has 5 N–H and O–H groups in total. The number of nitrogens with two attached hydrogens (primary N) is 2. The van der Waals surface area contributed by atoms with Crippen LogP contribution in [0.3, 0.4) is 0 Å². The molecule has 0 aliphatic rings. The van der Waals surface area contributed by atoms with Crippen LogP contribution in [-0.2, 0) is 0 Å². The second-order valence-electron chi connectivity index (χ2n) is 4.11. The number of nitrogens with one attached hydrogen (secondary N) is 1. The van der Waals surface area contributed by atoms with Crippen LogP contribution in [0, 0.1) is 10.1 Å². The molecule has 2 aromatic rings. The maximum atomic E-state index is 11.9. The van der Waals surface area contributed by atoms with E-state index in [-0.39, 0.29) is 17.3 Å². The smallest absolute Gasteiger partial charge is 0.294 e. The molecule has 0 spiro atoms. The molecule has 0 heterocycles. The summed E-state index contributed by atoms with van der Waals surface area (Å²) >= 11 is 0. The normalized spacial score (nSPS) is 10.0. The summed E-state index contributed by atoms with van der Waals surface area (Å²) in [4.78, 5) is 22.1. The fourth-order valence-electron chi connectivity index (χ4n) is 1.62. The Morgan fingerprint density at radius 2 is 1.75 bits per heavy atom. The lowest BCUT2D eigenvalue weighted by atomic mass is 10.2. The first kappa shape index (κ1) is 13.3. The number of carbonyl (C=O) groups is 1. The number of hydrogen-bond donors (Lipinski definition) is 3. The van der Waals surface area contributed by atoms with Gasteiger partial charge in [0.2, 0.25) is 0 Å². The van der Waals surface area contributed by atoms with Crippen molar-refractivity contribution in [3.63, 3.8) is 0 Å². The summed E-state index contributed by atoms with van der Waals surface area (Å²) in [7, 11) is 0. The Kier molecular flexibility index (Phi) is 3.52. The van der Waals surface area contributed by atoms with Gasteiger partial charge in [-0.25, -0.2) is 0 Å². The van der Waals surface area contributed by atoms with Crippen LogP contribution in [0.15, 0.2) is 42.5 Å². The fourth-order valence-corrected chi connectivity index (χ4v) is 1.62. The van der Waals surface area contributed by atoms with Gasteiger partial charge in [0.25, 0.3) is 11.6 Å². The van der Waals surface area contributed by atoms with Gasteiger partial charge in [0, 0.05) is 23.0 Å². The lowest BCUT2D eigenvalue weighted by Gasteiger charge is -2.06. The number of amides is 1. The molecule has 7 nitrogen and oxygen atoms in total. The van der Waals surface area contributed by atoms with E-state index < -0.39 is 4.92 Å². The monoisotopic (exact) mass is 272 g/mol. The molecule has 0 unspecified atom stereocenters. The predicted octanol–water partition coefficient (Wildman–Crippen LogP) is 2.01. The van der Waals surface area contributed by atoms with Crippen molar-refractivity contribution in [1.29, 1.82) is 0 Å². The molecule has 0 aliphatic heterocycles. The van der Waals surface area contributed by atoms with E-state index in [9.17, 15) is 14.9 Å². The first-order valence-electron chi connectivity index (χ1n) is 5.68. The van der Waals surface area contributed by atoms with Crippen LogP contribution in [0.4, 0.5) is 22.7 Å². The van der Waals surface area contributed by atoms with Crippen LogP contribution in [0.25, 0.3) is 0 Å². The number of carbonyl (C=O) groups excluding carboxylic acids is 1. The van der Waals surface area contributed by atoms with Gasteiger partial charge in [-0.05, 0) is 36.4 Å². The number of anilines is 3. The SMILES string of the molecule is Nc1ccc(C(=O)Nc2ccc(N)c([N+](=O)[O-])c2)cc1. The molecule has 0 bridgehead atoms. The highest BCUT2D eigenvalue weighted by Crippen LogP contribution is 2.25. The minimum absolute atomic E-state index is 0.0421. The Balaban J connectivity index is 2.21. The molecule has 7 heteroatoms. The minimum Gasteiger partial charge on any atom is -0.399 e. The molecular formula is C13H12N4O3. The van der Waals surface area contributed by atoms with E-state index in [0.717, 1.165) is 0 Å². The lowest BCUT2D eigenvalue weighted by molar-refractivity contribution is -0.383. The number of nitro benzene ring substituents is 1. The van der Waals surface area contributed by atoms with Gasteiger partial charge in [-0.1, -0.05) is 0 Å². The fraction of sp³-hybridized carbons (Fsp3) is 0. The van der Waals surface area contributed by atoms with Gasteiger partial charge in [0.05, 0.1) is 4.92 Å². The summed E-state index contributed by atoms with van der Waals surface area (Å²) in [5.74, 6) is -0.385. The van der Waals surface area contributed by atoms with Gasteiger partial charge in [0.1, 0.15) is 5.69 Å². The van der Waals surface area contributed by atoms with E-state index in [0.29, 0.717) is 16.9 Å². The third kappa shape index (κ3) is 2.83. The van der Waals surface area contributed by atoms with Crippen molar-refractivity contribution in [3.8, 4) is 0 Å². The molecule has 0 atom stereocenters. The first-order valence-corrected chi connectivity index (χ1v) is 5.68. The Hall–Kier alpha value is -3.09. The maximum absolute atomic E-state index is 11.9. The average molecular weight is 272 g/mol. The summed E-state index contributed by atoms with van der Waals surface area (Å²) in [6.45, 7) is 0. The van der Waals surface area contributed by atoms with Crippen LogP contribution >= 0.6 is 0 Å². The summed E-state index contributed by atoms with van der Waals surface area (Å²) in [5.41, 5.74) is 12.0. The van der Waals surface area contributed by atoms with Crippen LogP contribution in [-0.4, -0.2) is 10.8 Å². The first-order chi connectivity index (χ1) is 9.47. The van der Waals surface area contributed by atoms with Gasteiger partial charge in [-0.2, -0.15) is 0 Å². The van der Waals surface area contributed by atoms with Crippen molar-refractivity contribution < 1.29 is 9.72 Å². The molecule has 0 radical (unpaired) electrons. The average Bonchev–Trinajstić information content (AvgIpc) is 2.41. The molecule has 2 aromatic carbocycles. The standard InChI is InChI=1S/C13H12N4O3/c14-9-3-1-8(2-4-9)13(18)16-10-5-6-11(15)12(7-10)17(19)20/h1-7H,14-15H2,(H,16,18). The Morgan fingerprint density at radius 3 is 2.35 bits per heavy atom. The van der Waals surface area contributed by atoms with Gasteiger partial charge < -0.3 is 16.8 Å². The van der Waals surface area contributed by atoms with Crippen molar-refractivity contribution >= 4 is 28.7 Å². The predicted molar refractivity (Wildman–Crippen MR) is 76.3 cm³/mol. The van der Waals surface area contributed by atoms with Crippen LogP contribution in [0.2, 0.25) is 0 Å². The van der Waals surface area contributed by atoms with Crippen molar-refractivity contribution in [3.05, 3.63) is 58.1 Å². The molecule has 0 saturated heterocycles. The molecule has 0 fully saturated rings. The number of nitrogens with zero attached hydrogens (tertiary/aromatic N) is 1. The van der Waals surface area contributed by atoms with Crippen LogP contribution in [0.1, 0.15) is 10.4 Å². The Bertz CT molecular complexity index is 668. The van der Waals surface area contributed by atoms with Crippen LogP contribution in [0.5, 0.6) is 0 Å². The van der Waals surface area contributed by atoms with E-state index in [1.807, 2.05) is 0 Å². The second kappa shape index (κ2) is 5.27. The van der Waals surface area contributed by atoms with Crippen molar-refractivity contribution in [1.82, 2.24) is 0 Å². The Labute approximate surface area is 114 Å². The van der Waals surface area contributed by atoms with Crippen molar-refractivity contribution in [2.45, 2.75) is 0 Å². The van der Waals surface area contributed by atoms with E-state index in [1.165, 1.54) is 18.2 Å². The third-order valence-corrected chi connectivity index (χ3v) is 2.66. The highest BCUT2D eigenvalue weighted by molar-refractivity contribution is 6.04. The molecule has 20 heavy (non-hydrogen) atoms. The molecule has 0 aliphatic carbocycles. The third-order valence-electron chi connectivity index (χ3n) is 2.66. The zero-order chi connectivity index (χ0) is 14.7. The zero-order valence-corrected chi connectivity index (χ0v) is 10.4. The maximum Gasteiger partial charge on any atom is 0.294 e. The van der Waals surface area contributed by atoms with Crippen molar-refractivity contribution in [2.24, 2.45) is 0 Å². The quantitative estimate of drug-likeness (QED) is 0.448. The molecular weight excluding hydrogens is 260 g/mol. The topological polar surface area (TPSA) is 124 Å². The number of nitro groups is 1. The molecule has 0 saturated carbocycles. The summed E-state index contributed by atoms with van der Waals surface area (Å²) < 4.78 is 0. The summed E-state index contributed by atoms with van der Waals surface area (Å²) in [6, 6.07) is 10.4. The lowest BCUT2D eigenvalue weighted by Crippen LogP contribution is -2.12. The number of nitrogen functional groups attached to an aromatic ring is 2. The van der Waals surface area contributed by atoms with Gasteiger partial charge in [0.15, 0.2) is 0 Å². The van der Waals surface area contributed by atoms with Gasteiger partial charge >= 0.3 is 0 Å². The number of hydrogen-bond acceptors (Lipinski definition) is 5. The van der Waals surface area contributed by atoms with E-state index >= 15 is 0 Å². The summed E-state index contributed by atoms with van der Waals surface area (Å²) in [6.07, 6.45) is 0. The van der Waals surface area contributed by atoms with Crippen molar-refractivity contribution in [2.75, 3.05) is 16.8 Å². The largest absolute Gasteiger partial charge is 0.399 e. The molecule has 1 amide bonds. The zero-order valence-electron chi connectivity index (χ0n) is 10.4. The van der Waals surface area contributed by atoms with Crippen LogP contribution < -0.4 is 16.8 Å². The number of benzene rings is 2. The minimum atomic E-state index is -0.603. The highest BCUT2D eigenvalue weighted by Gasteiger charge is 2.13. The Morgan fingerprint density at radius 1 is 1.10 bits per heavy atom.